The molecule has 4 aromatic rings. The van der Waals surface area contributed by atoms with E-state index in [-0.39, 0.29) is 11.7 Å². The summed E-state index contributed by atoms with van der Waals surface area (Å²) in [6, 6.07) is 23.0. The Labute approximate surface area is 213 Å². The Morgan fingerprint density at radius 1 is 1.03 bits per heavy atom. The third kappa shape index (κ3) is 6.09. The molecule has 0 aliphatic rings. The molecule has 0 aliphatic carbocycles. The van der Waals surface area contributed by atoms with Gasteiger partial charge in [0.05, 0.1) is 18.6 Å². The zero-order chi connectivity index (χ0) is 24.8. The van der Waals surface area contributed by atoms with Gasteiger partial charge in [0.25, 0.3) is 5.91 Å². The molecule has 178 valence electrons. The number of hydrogen-bond acceptors (Lipinski definition) is 6. The fourth-order valence-electron chi connectivity index (χ4n) is 3.28. The topological polar surface area (TPSA) is 81.4 Å². The fraction of sp³-hybridized carbons (Fsp3) is 0.154. The summed E-state index contributed by atoms with van der Waals surface area (Å²) in [4.78, 5) is 12.5. The number of nitrogens with zero attached hydrogens (tertiary/aromatic N) is 4. The standard InChI is InChI=1S/C26H24ClN5O2S/c1-17-4-12-22(13-5-17)32-25(20-8-14-23(34-3)15-9-20)30-31-26(32)35-16-24(33)29-28-18(2)19-6-10-21(27)11-7-19/h4-15H,16H2,1-3H3,(H,29,33). The Balaban J connectivity index is 1.53. The monoisotopic (exact) mass is 505 g/mol. The summed E-state index contributed by atoms with van der Waals surface area (Å²) >= 11 is 7.22. The maximum atomic E-state index is 12.5. The van der Waals surface area contributed by atoms with Crippen LogP contribution in [-0.4, -0.2) is 39.2 Å². The van der Waals surface area contributed by atoms with Gasteiger partial charge in [0.1, 0.15) is 5.75 Å². The number of amides is 1. The predicted molar refractivity (Wildman–Crippen MR) is 141 cm³/mol. The van der Waals surface area contributed by atoms with Crippen molar-refractivity contribution in [3.63, 3.8) is 0 Å². The molecule has 1 aromatic heterocycles. The second-order valence-electron chi connectivity index (χ2n) is 7.73. The summed E-state index contributed by atoms with van der Waals surface area (Å²) in [6.45, 7) is 3.86. The van der Waals surface area contributed by atoms with Crippen LogP contribution in [0.1, 0.15) is 18.1 Å². The number of rotatable bonds is 8. The van der Waals surface area contributed by atoms with Gasteiger partial charge >= 0.3 is 0 Å². The van der Waals surface area contributed by atoms with E-state index in [2.05, 4.69) is 20.7 Å². The first kappa shape index (κ1) is 24.5. The van der Waals surface area contributed by atoms with Gasteiger partial charge in [-0.15, -0.1) is 10.2 Å². The lowest BCUT2D eigenvalue weighted by Crippen LogP contribution is -2.21. The van der Waals surface area contributed by atoms with Crippen molar-refractivity contribution in [2.75, 3.05) is 12.9 Å². The largest absolute Gasteiger partial charge is 0.497 e. The third-order valence-corrected chi connectivity index (χ3v) is 6.40. The first-order valence-corrected chi connectivity index (χ1v) is 12.2. The third-order valence-electron chi connectivity index (χ3n) is 5.22. The smallest absolute Gasteiger partial charge is 0.250 e. The summed E-state index contributed by atoms with van der Waals surface area (Å²) in [6.07, 6.45) is 0. The number of nitrogens with one attached hydrogen (secondary N) is 1. The quantitative estimate of drug-likeness (QED) is 0.193. The molecule has 3 aromatic carbocycles. The number of aryl methyl sites for hydroxylation is 1. The van der Waals surface area contributed by atoms with Gasteiger partial charge in [0, 0.05) is 16.3 Å². The second-order valence-corrected chi connectivity index (χ2v) is 9.11. The number of hydrogen-bond donors (Lipinski definition) is 1. The molecule has 0 bridgehead atoms. The van der Waals surface area contributed by atoms with E-state index in [4.69, 9.17) is 16.3 Å². The average molecular weight is 506 g/mol. The van der Waals surface area contributed by atoms with Crippen LogP contribution in [0.3, 0.4) is 0 Å². The molecule has 1 heterocycles. The van der Waals surface area contributed by atoms with E-state index < -0.39 is 0 Å². The molecule has 0 saturated carbocycles. The van der Waals surface area contributed by atoms with Gasteiger partial charge in [-0.25, -0.2) is 5.43 Å². The molecule has 35 heavy (non-hydrogen) atoms. The van der Waals surface area contributed by atoms with E-state index >= 15 is 0 Å². The van der Waals surface area contributed by atoms with E-state index in [1.807, 2.05) is 79.1 Å². The van der Waals surface area contributed by atoms with Crippen molar-refractivity contribution in [2.24, 2.45) is 5.10 Å². The van der Waals surface area contributed by atoms with Crippen LogP contribution in [0.5, 0.6) is 5.75 Å². The molecule has 7 nitrogen and oxygen atoms in total. The van der Waals surface area contributed by atoms with Gasteiger partial charge in [0.2, 0.25) is 0 Å². The van der Waals surface area contributed by atoms with Crippen LogP contribution in [0.4, 0.5) is 0 Å². The Morgan fingerprint density at radius 3 is 2.37 bits per heavy atom. The zero-order valence-electron chi connectivity index (χ0n) is 19.5. The highest BCUT2D eigenvalue weighted by Gasteiger charge is 2.17. The van der Waals surface area contributed by atoms with Crippen LogP contribution < -0.4 is 10.2 Å². The molecule has 0 spiro atoms. The van der Waals surface area contributed by atoms with Crippen molar-refractivity contribution in [1.29, 1.82) is 0 Å². The Hall–Kier alpha value is -3.62. The SMILES string of the molecule is COc1ccc(-c2nnc(SCC(=O)NN=C(C)c3ccc(Cl)cc3)n2-c2ccc(C)cc2)cc1. The molecule has 0 saturated heterocycles. The van der Waals surface area contributed by atoms with Gasteiger partial charge in [-0.05, 0) is 67.9 Å². The molecule has 0 radical (unpaired) electrons. The number of ether oxygens (including phenoxy) is 1. The minimum absolute atomic E-state index is 0.129. The van der Waals surface area contributed by atoms with Crippen molar-refractivity contribution >= 4 is 35.0 Å². The number of benzene rings is 3. The average Bonchev–Trinajstić information content (AvgIpc) is 3.31. The van der Waals surface area contributed by atoms with Crippen LogP contribution in [0, 0.1) is 6.92 Å². The number of halogens is 1. The zero-order valence-corrected chi connectivity index (χ0v) is 21.1. The van der Waals surface area contributed by atoms with Crippen molar-refractivity contribution in [1.82, 2.24) is 20.2 Å². The molecule has 9 heteroatoms. The van der Waals surface area contributed by atoms with Crippen molar-refractivity contribution < 1.29 is 9.53 Å². The molecular weight excluding hydrogens is 482 g/mol. The second kappa shape index (κ2) is 11.2. The van der Waals surface area contributed by atoms with E-state index in [0.717, 1.165) is 28.1 Å². The first-order chi connectivity index (χ1) is 16.9. The lowest BCUT2D eigenvalue weighted by atomic mass is 10.1. The Morgan fingerprint density at radius 2 is 1.71 bits per heavy atom. The predicted octanol–water partition coefficient (Wildman–Crippen LogP) is 5.54. The fourth-order valence-corrected chi connectivity index (χ4v) is 4.15. The van der Waals surface area contributed by atoms with Crippen LogP contribution in [0.25, 0.3) is 17.1 Å². The summed E-state index contributed by atoms with van der Waals surface area (Å²) in [7, 11) is 1.63. The Bertz CT molecular complexity index is 1330. The van der Waals surface area contributed by atoms with E-state index in [0.29, 0.717) is 21.7 Å². The summed E-state index contributed by atoms with van der Waals surface area (Å²) in [5, 5.41) is 14.2. The number of carbonyl (C=O) groups is 1. The molecular formula is C26H24ClN5O2S. The highest BCUT2D eigenvalue weighted by atomic mass is 35.5. The van der Waals surface area contributed by atoms with Crippen molar-refractivity contribution in [3.8, 4) is 22.8 Å². The van der Waals surface area contributed by atoms with Gasteiger partial charge in [-0.3, -0.25) is 9.36 Å². The number of aromatic nitrogens is 3. The van der Waals surface area contributed by atoms with Crippen molar-refractivity contribution in [3.05, 3.63) is 88.9 Å². The van der Waals surface area contributed by atoms with E-state index in [9.17, 15) is 4.79 Å². The summed E-state index contributed by atoms with van der Waals surface area (Å²) in [5.41, 5.74) is 7.12. The molecule has 0 aliphatic heterocycles. The summed E-state index contributed by atoms with van der Waals surface area (Å²) < 4.78 is 7.21. The van der Waals surface area contributed by atoms with Crippen LogP contribution in [0.2, 0.25) is 5.02 Å². The summed E-state index contributed by atoms with van der Waals surface area (Å²) in [5.74, 6) is 1.32. The maximum Gasteiger partial charge on any atom is 0.250 e. The molecule has 1 N–H and O–H groups in total. The number of thioether (sulfide) groups is 1. The number of hydrazone groups is 1. The number of methoxy groups -OCH3 is 1. The highest BCUT2D eigenvalue weighted by molar-refractivity contribution is 7.99. The molecule has 4 rings (SSSR count). The van der Waals surface area contributed by atoms with Gasteiger partial charge < -0.3 is 4.74 Å². The van der Waals surface area contributed by atoms with Gasteiger partial charge in [0.15, 0.2) is 11.0 Å². The minimum Gasteiger partial charge on any atom is -0.497 e. The molecule has 0 atom stereocenters. The highest BCUT2D eigenvalue weighted by Crippen LogP contribution is 2.29. The van der Waals surface area contributed by atoms with E-state index in [1.54, 1.807) is 19.2 Å². The first-order valence-electron chi connectivity index (χ1n) is 10.8. The Kier molecular flexibility index (Phi) is 7.84. The number of carbonyl (C=O) groups excluding carboxylic acids is 1. The minimum atomic E-state index is -0.243. The molecule has 1 amide bonds. The van der Waals surface area contributed by atoms with Crippen LogP contribution >= 0.6 is 23.4 Å². The van der Waals surface area contributed by atoms with Crippen LogP contribution in [-0.2, 0) is 4.79 Å². The molecule has 0 fully saturated rings. The van der Waals surface area contributed by atoms with Gasteiger partial charge in [-0.1, -0.05) is 53.2 Å². The maximum absolute atomic E-state index is 12.5. The van der Waals surface area contributed by atoms with Crippen LogP contribution in [0.15, 0.2) is 83.1 Å². The van der Waals surface area contributed by atoms with E-state index in [1.165, 1.54) is 11.8 Å². The van der Waals surface area contributed by atoms with Gasteiger partial charge in [-0.2, -0.15) is 5.10 Å². The van der Waals surface area contributed by atoms with Crippen molar-refractivity contribution in [2.45, 2.75) is 19.0 Å². The normalized spacial score (nSPS) is 11.4. The molecule has 0 unspecified atom stereocenters. The lowest BCUT2D eigenvalue weighted by molar-refractivity contribution is -0.118. The lowest BCUT2D eigenvalue weighted by Gasteiger charge is -2.11.